The molecule has 0 saturated carbocycles. The smallest absolute Gasteiger partial charge is 0.269 e. The molecule has 1 amide bonds. The van der Waals surface area contributed by atoms with Crippen molar-refractivity contribution in [2.24, 2.45) is 5.92 Å². The van der Waals surface area contributed by atoms with Crippen molar-refractivity contribution < 1.29 is 9.72 Å². The predicted octanol–water partition coefficient (Wildman–Crippen LogP) is 2.57. The lowest BCUT2D eigenvalue weighted by molar-refractivity contribution is -0.384. The monoisotopic (exact) mass is 291 g/mol. The topological polar surface area (TPSA) is 75.5 Å². The number of likely N-dealkylation sites (tertiary alicyclic amines) is 1. The number of carbonyl (C=O) groups is 1. The molecule has 6 heteroatoms. The normalized spacial score (nSPS) is 19.2. The van der Waals surface area contributed by atoms with Crippen LogP contribution in [0.2, 0.25) is 0 Å². The molecule has 1 aromatic rings. The zero-order chi connectivity index (χ0) is 15.4. The second-order valence-electron chi connectivity index (χ2n) is 5.79. The highest BCUT2D eigenvalue weighted by Gasteiger charge is 2.19. The highest BCUT2D eigenvalue weighted by molar-refractivity contribution is 5.93. The lowest BCUT2D eigenvalue weighted by atomic mass is 10.0. The molecule has 21 heavy (non-hydrogen) atoms. The third-order valence-corrected chi connectivity index (χ3v) is 3.80. The number of piperidine rings is 1. The minimum absolute atomic E-state index is 0.0374. The first-order chi connectivity index (χ1) is 9.95. The Balaban J connectivity index is 1.94. The van der Waals surface area contributed by atoms with Crippen molar-refractivity contribution in [3.8, 4) is 0 Å². The van der Waals surface area contributed by atoms with Gasteiger partial charge in [-0.05, 0) is 43.9 Å². The molecule has 0 spiro atoms. The van der Waals surface area contributed by atoms with Crippen molar-refractivity contribution in [2.45, 2.75) is 26.7 Å². The summed E-state index contributed by atoms with van der Waals surface area (Å²) in [6.45, 7) is 6.24. The van der Waals surface area contributed by atoms with E-state index in [1.54, 1.807) is 13.0 Å². The molecule has 1 aromatic carbocycles. The quantitative estimate of drug-likeness (QED) is 0.683. The average Bonchev–Trinajstić information content (AvgIpc) is 2.40. The van der Waals surface area contributed by atoms with Gasteiger partial charge in [-0.2, -0.15) is 0 Å². The number of hydrogen-bond donors (Lipinski definition) is 1. The molecule has 0 bridgehead atoms. The molecule has 1 saturated heterocycles. The first-order valence-corrected chi connectivity index (χ1v) is 7.23. The number of amides is 1. The number of benzene rings is 1. The summed E-state index contributed by atoms with van der Waals surface area (Å²) in [4.78, 5) is 24.5. The van der Waals surface area contributed by atoms with Crippen LogP contribution in [-0.2, 0) is 4.79 Å². The Labute approximate surface area is 124 Å². The van der Waals surface area contributed by atoms with Gasteiger partial charge in [0.15, 0.2) is 0 Å². The zero-order valence-corrected chi connectivity index (χ0v) is 12.5. The number of carbonyl (C=O) groups excluding carboxylic acids is 1. The summed E-state index contributed by atoms with van der Waals surface area (Å²) in [5.74, 6) is 0.564. The molecule has 1 aliphatic heterocycles. The summed E-state index contributed by atoms with van der Waals surface area (Å²) in [6, 6.07) is 4.47. The lowest BCUT2D eigenvalue weighted by Crippen LogP contribution is -2.39. The maximum Gasteiger partial charge on any atom is 0.269 e. The highest BCUT2D eigenvalue weighted by atomic mass is 16.6. The molecule has 1 heterocycles. The van der Waals surface area contributed by atoms with Gasteiger partial charge >= 0.3 is 0 Å². The Bertz CT molecular complexity index is 545. The van der Waals surface area contributed by atoms with E-state index in [-0.39, 0.29) is 11.6 Å². The van der Waals surface area contributed by atoms with Crippen molar-refractivity contribution in [1.82, 2.24) is 4.90 Å². The van der Waals surface area contributed by atoms with Crippen LogP contribution < -0.4 is 5.32 Å². The number of nitro benzene ring substituents is 1. The lowest BCUT2D eigenvalue weighted by Gasteiger charge is -2.30. The Morgan fingerprint density at radius 3 is 2.90 bits per heavy atom. The van der Waals surface area contributed by atoms with Crippen LogP contribution in [0.5, 0.6) is 0 Å². The molecule has 1 atom stereocenters. The van der Waals surface area contributed by atoms with Crippen LogP contribution in [0.25, 0.3) is 0 Å². The zero-order valence-electron chi connectivity index (χ0n) is 12.5. The molecule has 0 aliphatic carbocycles. The Kier molecular flexibility index (Phi) is 4.90. The summed E-state index contributed by atoms with van der Waals surface area (Å²) in [5, 5.41) is 13.5. The van der Waals surface area contributed by atoms with E-state index in [4.69, 9.17) is 0 Å². The number of aryl methyl sites for hydroxylation is 1. The fraction of sp³-hybridized carbons (Fsp3) is 0.533. The van der Waals surface area contributed by atoms with Gasteiger partial charge < -0.3 is 5.32 Å². The van der Waals surface area contributed by atoms with Gasteiger partial charge in [0.25, 0.3) is 5.69 Å². The van der Waals surface area contributed by atoms with Crippen molar-refractivity contribution in [2.75, 3.05) is 25.0 Å². The van der Waals surface area contributed by atoms with Crippen LogP contribution in [0.1, 0.15) is 25.3 Å². The van der Waals surface area contributed by atoms with Gasteiger partial charge in [-0.15, -0.1) is 0 Å². The number of rotatable bonds is 4. The van der Waals surface area contributed by atoms with Crippen LogP contribution in [0, 0.1) is 23.0 Å². The predicted molar refractivity (Wildman–Crippen MR) is 81.3 cm³/mol. The van der Waals surface area contributed by atoms with Crippen LogP contribution >= 0.6 is 0 Å². The van der Waals surface area contributed by atoms with Crippen LogP contribution in [0.4, 0.5) is 11.4 Å². The van der Waals surface area contributed by atoms with Gasteiger partial charge in [0.2, 0.25) is 5.91 Å². The first kappa shape index (κ1) is 15.4. The van der Waals surface area contributed by atoms with E-state index in [2.05, 4.69) is 17.1 Å². The van der Waals surface area contributed by atoms with E-state index in [9.17, 15) is 14.9 Å². The molecule has 0 radical (unpaired) electrons. The van der Waals surface area contributed by atoms with Crippen molar-refractivity contribution >= 4 is 17.3 Å². The Morgan fingerprint density at radius 1 is 1.52 bits per heavy atom. The van der Waals surface area contributed by atoms with Crippen LogP contribution in [-0.4, -0.2) is 35.4 Å². The molecule has 1 N–H and O–H groups in total. The molecule has 0 unspecified atom stereocenters. The van der Waals surface area contributed by atoms with Gasteiger partial charge in [0.05, 0.1) is 11.5 Å². The molecule has 2 rings (SSSR count). The van der Waals surface area contributed by atoms with E-state index in [1.807, 2.05) is 0 Å². The molecule has 6 nitrogen and oxygen atoms in total. The third kappa shape index (κ3) is 4.26. The maximum absolute atomic E-state index is 12.1. The van der Waals surface area contributed by atoms with Crippen molar-refractivity contribution in [3.63, 3.8) is 0 Å². The Morgan fingerprint density at radius 2 is 2.29 bits per heavy atom. The first-order valence-electron chi connectivity index (χ1n) is 7.23. The minimum atomic E-state index is -0.437. The number of nitro groups is 1. The molecule has 1 aliphatic rings. The second kappa shape index (κ2) is 6.67. The number of nitrogens with one attached hydrogen (secondary N) is 1. The molecule has 114 valence electrons. The van der Waals surface area contributed by atoms with E-state index in [0.29, 0.717) is 23.7 Å². The second-order valence-corrected chi connectivity index (χ2v) is 5.79. The number of non-ortho nitro benzene ring substituents is 1. The highest BCUT2D eigenvalue weighted by Crippen LogP contribution is 2.21. The molecule has 1 fully saturated rings. The van der Waals surface area contributed by atoms with Gasteiger partial charge in [-0.3, -0.25) is 19.8 Å². The fourth-order valence-corrected chi connectivity index (χ4v) is 2.72. The van der Waals surface area contributed by atoms with Crippen LogP contribution in [0.15, 0.2) is 18.2 Å². The van der Waals surface area contributed by atoms with Gasteiger partial charge in [0, 0.05) is 24.4 Å². The molecule has 0 aromatic heterocycles. The molecular formula is C15H21N3O3. The molecular weight excluding hydrogens is 270 g/mol. The fourth-order valence-electron chi connectivity index (χ4n) is 2.72. The number of anilines is 1. The summed E-state index contributed by atoms with van der Waals surface area (Å²) >= 11 is 0. The largest absolute Gasteiger partial charge is 0.325 e. The average molecular weight is 291 g/mol. The number of hydrogen-bond acceptors (Lipinski definition) is 4. The summed E-state index contributed by atoms with van der Waals surface area (Å²) in [6.07, 6.45) is 2.35. The van der Waals surface area contributed by atoms with Gasteiger partial charge in [-0.1, -0.05) is 6.92 Å². The summed E-state index contributed by atoms with van der Waals surface area (Å²) < 4.78 is 0. The van der Waals surface area contributed by atoms with Crippen molar-refractivity contribution in [1.29, 1.82) is 0 Å². The van der Waals surface area contributed by atoms with E-state index >= 15 is 0 Å². The minimum Gasteiger partial charge on any atom is -0.325 e. The van der Waals surface area contributed by atoms with E-state index in [1.165, 1.54) is 18.6 Å². The number of nitrogens with zero attached hydrogens (tertiary/aromatic N) is 2. The Hall–Kier alpha value is -1.95. The van der Waals surface area contributed by atoms with E-state index in [0.717, 1.165) is 19.5 Å². The standard InChI is InChI=1S/C15H21N3O3/c1-11-4-3-7-17(9-11)10-15(19)16-14-6-5-13(18(20)21)8-12(14)2/h5-6,8,11H,3-4,7,9-10H2,1-2H3,(H,16,19)/t11-/m0/s1. The van der Waals surface area contributed by atoms with Gasteiger partial charge in [0.1, 0.15) is 0 Å². The summed E-state index contributed by atoms with van der Waals surface area (Å²) in [7, 11) is 0. The van der Waals surface area contributed by atoms with Crippen molar-refractivity contribution in [3.05, 3.63) is 33.9 Å². The summed E-state index contributed by atoms with van der Waals surface area (Å²) in [5.41, 5.74) is 1.37. The van der Waals surface area contributed by atoms with E-state index < -0.39 is 4.92 Å². The third-order valence-electron chi connectivity index (χ3n) is 3.80. The maximum atomic E-state index is 12.1. The van der Waals surface area contributed by atoms with Crippen LogP contribution in [0.3, 0.4) is 0 Å². The van der Waals surface area contributed by atoms with Gasteiger partial charge in [-0.25, -0.2) is 0 Å². The SMILES string of the molecule is Cc1cc([N+](=O)[O-])ccc1NC(=O)CN1CCC[C@H](C)C1.